The van der Waals surface area contributed by atoms with Crippen molar-refractivity contribution in [2.45, 2.75) is 6.42 Å². The number of halogens is 1. The summed E-state index contributed by atoms with van der Waals surface area (Å²) in [5.74, 6) is -0.0467. The molecule has 0 radical (unpaired) electrons. The fourth-order valence-corrected chi connectivity index (χ4v) is 1.67. The first-order valence-electron chi connectivity index (χ1n) is 5.97. The van der Waals surface area contributed by atoms with Gasteiger partial charge in [-0.15, -0.1) is 0 Å². The van der Waals surface area contributed by atoms with Gasteiger partial charge in [-0.1, -0.05) is 23.4 Å². The minimum absolute atomic E-state index is 0.105. The number of hydrogen-bond acceptors (Lipinski definition) is 5. The van der Waals surface area contributed by atoms with Gasteiger partial charge in [0, 0.05) is 18.7 Å². The van der Waals surface area contributed by atoms with Crippen LogP contribution in [-0.2, 0) is 0 Å². The number of oxime groups is 1. The van der Waals surface area contributed by atoms with Crippen molar-refractivity contribution < 1.29 is 9.60 Å². The van der Waals surface area contributed by atoms with E-state index in [1.165, 1.54) is 0 Å². The van der Waals surface area contributed by atoms with Crippen molar-refractivity contribution in [1.29, 1.82) is 0 Å². The molecule has 0 saturated carbocycles. The third-order valence-corrected chi connectivity index (χ3v) is 2.64. The molecule has 0 saturated heterocycles. The highest BCUT2D eigenvalue weighted by atomic mass is 19.1. The molecule has 1 heterocycles. The maximum Gasteiger partial charge on any atom is 0.230 e. The van der Waals surface area contributed by atoms with Gasteiger partial charge >= 0.3 is 0 Å². The lowest BCUT2D eigenvalue weighted by atomic mass is 10.2. The first-order valence-corrected chi connectivity index (χ1v) is 5.97. The first-order chi connectivity index (χ1) is 9.70. The number of hydrogen-bond donors (Lipinski definition) is 2. The van der Waals surface area contributed by atoms with Crippen molar-refractivity contribution in [3.05, 3.63) is 48.5 Å². The van der Waals surface area contributed by atoms with Crippen LogP contribution < -0.4 is 10.6 Å². The van der Waals surface area contributed by atoms with Gasteiger partial charge in [0.05, 0.1) is 12.4 Å². The number of benzene rings is 1. The molecule has 2 rings (SSSR count). The minimum Gasteiger partial charge on any atom is -0.409 e. The Morgan fingerprint density at radius 1 is 1.25 bits per heavy atom. The number of nitrogens with zero attached hydrogens (tertiary/aromatic N) is 4. The fourth-order valence-electron chi connectivity index (χ4n) is 1.67. The van der Waals surface area contributed by atoms with Crippen LogP contribution in [-0.4, -0.2) is 27.6 Å². The van der Waals surface area contributed by atoms with E-state index in [1.54, 1.807) is 4.90 Å². The van der Waals surface area contributed by atoms with Crippen LogP contribution in [0.15, 0.2) is 47.9 Å². The summed E-state index contributed by atoms with van der Waals surface area (Å²) in [4.78, 5) is 9.67. The molecule has 6 nitrogen and oxygen atoms in total. The molecule has 7 heteroatoms. The Morgan fingerprint density at radius 3 is 2.50 bits per heavy atom. The second-order valence-corrected chi connectivity index (χ2v) is 4.03. The third kappa shape index (κ3) is 3.41. The summed E-state index contributed by atoms with van der Waals surface area (Å²) in [6.07, 6.45) is 2.52. The van der Waals surface area contributed by atoms with Gasteiger partial charge in [-0.05, 0) is 12.1 Å². The Morgan fingerprint density at radius 2 is 1.90 bits per heavy atom. The summed E-state index contributed by atoms with van der Waals surface area (Å²) in [6, 6.07) is 9.37. The minimum atomic E-state index is -0.502. The number of aromatic nitrogens is 2. The topological polar surface area (TPSA) is 87.6 Å². The number of anilines is 2. The highest BCUT2D eigenvalue weighted by Crippen LogP contribution is 2.21. The highest BCUT2D eigenvalue weighted by Gasteiger charge is 2.12. The summed E-state index contributed by atoms with van der Waals surface area (Å²) < 4.78 is 12.9. The number of para-hydroxylation sites is 1. The Kier molecular flexibility index (Phi) is 4.43. The second kappa shape index (κ2) is 6.46. The van der Waals surface area contributed by atoms with E-state index in [1.807, 2.05) is 30.3 Å². The molecular weight excluding hydrogens is 261 g/mol. The lowest BCUT2D eigenvalue weighted by Gasteiger charge is -2.22. The van der Waals surface area contributed by atoms with Gasteiger partial charge in [-0.2, -0.15) is 0 Å². The van der Waals surface area contributed by atoms with E-state index < -0.39 is 5.82 Å². The largest absolute Gasteiger partial charge is 0.409 e. The van der Waals surface area contributed by atoms with Crippen LogP contribution in [0.3, 0.4) is 0 Å². The maximum absolute atomic E-state index is 12.9. The van der Waals surface area contributed by atoms with Crippen LogP contribution in [0.25, 0.3) is 0 Å². The van der Waals surface area contributed by atoms with Crippen molar-refractivity contribution in [3.63, 3.8) is 0 Å². The number of nitrogens with two attached hydrogens (primary N) is 1. The Bertz CT molecular complexity index is 573. The molecular formula is C13H14FN5O. The maximum atomic E-state index is 12.9. The lowest BCUT2D eigenvalue weighted by molar-refractivity contribution is 0.317. The van der Waals surface area contributed by atoms with E-state index in [2.05, 4.69) is 15.1 Å². The average molecular weight is 275 g/mol. The van der Waals surface area contributed by atoms with E-state index >= 15 is 0 Å². The van der Waals surface area contributed by atoms with Gasteiger partial charge in [0.1, 0.15) is 5.84 Å². The van der Waals surface area contributed by atoms with Crippen LogP contribution in [0.1, 0.15) is 6.42 Å². The molecule has 0 aliphatic rings. The van der Waals surface area contributed by atoms with Crippen molar-refractivity contribution in [3.8, 4) is 0 Å². The molecule has 3 N–H and O–H groups in total. The molecule has 104 valence electrons. The van der Waals surface area contributed by atoms with Crippen LogP contribution >= 0.6 is 0 Å². The van der Waals surface area contributed by atoms with Crippen molar-refractivity contribution >= 4 is 17.5 Å². The molecule has 0 amide bonds. The molecule has 0 spiro atoms. The molecule has 1 aromatic heterocycles. The summed E-state index contributed by atoms with van der Waals surface area (Å²) >= 11 is 0. The Labute approximate surface area is 115 Å². The van der Waals surface area contributed by atoms with Crippen molar-refractivity contribution in [1.82, 2.24) is 9.97 Å². The summed E-state index contributed by atoms with van der Waals surface area (Å²) in [7, 11) is 0. The van der Waals surface area contributed by atoms with Gasteiger partial charge in [-0.25, -0.2) is 14.4 Å². The molecule has 1 aromatic carbocycles. The summed E-state index contributed by atoms with van der Waals surface area (Å²) in [5.41, 5.74) is 6.31. The number of amidine groups is 1. The van der Waals surface area contributed by atoms with E-state index in [0.29, 0.717) is 18.9 Å². The molecule has 0 aliphatic heterocycles. The summed E-state index contributed by atoms with van der Waals surface area (Å²) in [5, 5.41) is 11.5. The third-order valence-electron chi connectivity index (χ3n) is 2.64. The predicted octanol–water partition coefficient (Wildman–Crippen LogP) is 1.89. The van der Waals surface area contributed by atoms with Crippen LogP contribution in [0, 0.1) is 5.82 Å². The SMILES string of the molecule is N/C(CCN(c1ccccc1)c1ncc(F)cn1)=N/O. The van der Waals surface area contributed by atoms with E-state index in [0.717, 1.165) is 18.1 Å². The Balaban J connectivity index is 2.26. The second-order valence-electron chi connectivity index (χ2n) is 4.03. The molecule has 0 fully saturated rings. The van der Waals surface area contributed by atoms with E-state index in [-0.39, 0.29) is 5.84 Å². The van der Waals surface area contributed by atoms with Crippen molar-refractivity contribution in [2.24, 2.45) is 10.9 Å². The quantitative estimate of drug-likeness (QED) is 0.376. The fraction of sp³-hybridized carbons (Fsp3) is 0.154. The van der Waals surface area contributed by atoms with Gasteiger partial charge in [-0.3, -0.25) is 0 Å². The van der Waals surface area contributed by atoms with E-state index in [4.69, 9.17) is 10.9 Å². The molecule has 0 atom stereocenters. The zero-order valence-electron chi connectivity index (χ0n) is 10.6. The standard InChI is InChI=1S/C13H14FN5O/c14-10-8-16-13(17-9-10)19(7-6-12(15)18-20)11-4-2-1-3-5-11/h1-5,8-9,20H,6-7H2,(H2,15,18). The van der Waals surface area contributed by atoms with Crippen molar-refractivity contribution in [2.75, 3.05) is 11.4 Å². The molecule has 0 aliphatic carbocycles. The summed E-state index contributed by atoms with van der Waals surface area (Å²) in [6.45, 7) is 0.408. The molecule has 0 unspecified atom stereocenters. The average Bonchev–Trinajstić information content (AvgIpc) is 2.50. The van der Waals surface area contributed by atoms with Gasteiger partial charge in [0.25, 0.3) is 0 Å². The van der Waals surface area contributed by atoms with Crippen LogP contribution in [0.5, 0.6) is 0 Å². The Hall–Kier alpha value is -2.70. The smallest absolute Gasteiger partial charge is 0.230 e. The normalized spacial score (nSPS) is 11.3. The number of rotatable bonds is 5. The molecule has 2 aromatic rings. The highest BCUT2D eigenvalue weighted by molar-refractivity contribution is 5.80. The predicted molar refractivity (Wildman–Crippen MR) is 73.5 cm³/mol. The van der Waals surface area contributed by atoms with E-state index in [9.17, 15) is 4.39 Å². The monoisotopic (exact) mass is 275 g/mol. The first kappa shape index (κ1) is 13.7. The van der Waals surface area contributed by atoms with Crippen LogP contribution in [0.4, 0.5) is 16.0 Å². The molecule has 20 heavy (non-hydrogen) atoms. The zero-order valence-corrected chi connectivity index (χ0v) is 10.6. The van der Waals surface area contributed by atoms with Gasteiger partial charge in [0.2, 0.25) is 5.95 Å². The van der Waals surface area contributed by atoms with Gasteiger partial charge in [0.15, 0.2) is 5.82 Å². The van der Waals surface area contributed by atoms with Gasteiger partial charge < -0.3 is 15.8 Å². The molecule has 0 bridgehead atoms. The van der Waals surface area contributed by atoms with Crippen LogP contribution in [0.2, 0.25) is 0 Å². The lowest BCUT2D eigenvalue weighted by Crippen LogP contribution is -2.25. The zero-order chi connectivity index (χ0) is 14.4.